The highest BCUT2D eigenvalue weighted by Gasteiger charge is 2.44. The number of hydrogen-bond acceptors (Lipinski definition) is 1. The van der Waals surface area contributed by atoms with E-state index >= 15 is 0 Å². The zero-order valence-corrected chi connectivity index (χ0v) is 12.4. The predicted octanol–water partition coefficient (Wildman–Crippen LogP) is 2.76. The summed E-state index contributed by atoms with van der Waals surface area (Å²) in [6.07, 6.45) is 4.95. The van der Waals surface area contributed by atoms with Crippen LogP contribution in [0.1, 0.15) is 38.2 Å². The van der Waals surface area contributed by atoms with Gasteiger partial charge in [-0.15, -0.1) is 0 Å². The molecule has 0 atom stereocenters. The second-order valence-corrected chi connectivity index (χ2v) is 6.49. The van der Waals surface area contributed by atoms with Gasteiger partial charge in [0.1, 0.15) is 0 Å². The van der Waals surface area contributed by atoms with Crippen molar-refractivity contribution in [2.45, 2.75) is 38.0 Å². The Morgan fingerprint density at radius 2 is 1.90 bits per heavy atom. The molecule has 0 unspecified atom stereocenters. The quantitative estimate of drug-likeness (QED) is 0.678. The van der Waals surface area contributed by atoms with Gasteiger partial charge in [-0.3, -0.25) is 4.99 Å². The molecule has 1 aromatic rings. The van der Waals surface area contributed by atoms with Gasteiger partial charge in [-0.25, -0.2) is 0 Å². The number of benzene rings is 1. The second-order valence-electron chi connectivity index (χ2n) is 6.49. The van der Waals surface area contributed by atoms with Crippen molar-refractivity contribution in [3.8, 4) is 0 Å². The molecule has 20 heavy (non-hydrogen) atoms. The van der Waals surface area contributed by atoms with Gasteiger partial charge in [0.2, 0.25) is 0 Å². The third-order valence-electron chi connectivity index (χ3n) is 4.89. The number of hydrogen-bond donors (Lipinski definition) is 1. The highest BCUT2D eigenvalue weighted by molar-refractivity contribution is 5.78. The number of nitrogens with two attached hydrogens (primary N) is 1. The zero-order valence-electron chi connectivity index (χ0n) is 12.4. The molecule has 3 nitrogen and oxygen atoms in total. The van der Waals surface area contributed by atoms with Gasteiger partial charge in [-0.05, 0) is 37.2 Å². The summed E-state index contributed by atoms with van der Waals surface area (Å²) in [5, 5.41) is 0. The Labute approximate surface area is 121 Å². The van der Waals surface area contributed by atoms with Crippen LogP contribution in [0, 0.1) is 5.92 Å². The van der Waals surface area contributed by atoms with E-state index in [-0.39, 0.29) is 5.41 Å². The Bertz CT molecular complexity index is 468. The summed E-state index contributed by atoms with van der Waals surface area (Å²) in [7, 11) is 0. The fourth-order valence-corrected chi connectivity index (χ4v) is 3.05. The minimum Gasteiger partial charge on any atom is -0.370 e. The van der Waals surface area contributed by atoms with Crippen LogP contribution >= 0.6 is 0 Å². The molecule has 2 fully saturated rings. The topological polar surface area (TPSA) is 41.6 Å². The molecular formula is C17H25N3. The maximum atomic E-state index is 6.18. The van der Waals surface area contributed by atoms with E-state index in [9.17, 15) is 0 Å². The molecule has 3 heteroatoms. The summed E-state index contributed by atoms with van der Waals surface area (Å²) < 4.78 is 0. The first-order valence-corrected chi connectivity index (χ1v) is 7.80. The molecule has 0 amide bonds. The lowest BCUT2D eigenvalue weighted by Gasteiger charge is -2.31. The van der Waals surface area contributed by atoms with Gasteiger partial charge in [0, 0.05) is 18.5 Å². The number of nitrogens with zero attached hydrogens (tertiary/aromatic N) is 2. The summed E-state index contributed by atoms with van der Waals surface area (Å²) in [6.45, 7) is 5.29. The number of rotatable bonds is 3. The maximum absolute atomic E-state index is 6.18. The van der Waals surface area contributed by atoms with E-state index in [0.29, 0.717) is 0 Å². The SMILES string of the molecule is CC1CCN(C(N)=NCC2(c3ccccc3)CC2)CC1. The van der Waals surface area contributed by atoms with Crippen molar-refractivity contribution in [1.82, 2.24) is 4.90 Å². The Morgan fingerprint density at radius 3 is 2.50 bits per heavy atom. The van der Waals surface area contributed by atoms with Crippen LogP contribution < -0.4 is 5.73 Å². The van der Waals surface area contributed by atoms with Gasteiger partial charge in [-0.2, -0.15) is 0 Å². The Hall–Kier alpha value is -1.51. The van der Waals surface area contributed by atoms with Crippen molar-refractivity contribution in [1.29, 1.82) is 0 Å². The Balaban J connectivity index is 1.62. The number of aliphatic imine (C=N–C) groups is 1. The molecule has 1 saturated carbocycles. The van der Waals surface area contributed by atoms with Gasteiger partial charge in [-0.1, -0.05) is 37.3 Å². The van der Waals surface area contributed by atoms with Gasteiger partial charge in [0.05, 0.1) is 6.54 Å². The first-order chi connectivity index (χ1) is 9.70. The summed E-state index contributed by atoms with van der Waals surface area (Å²) >= 11 is 0. The molecule has 2 N–H and O–H groups in total. The van der Waals surface area contributed by atoms with Crippen LogP contribution in [-0.4, -0.2) is 30.5 Å². The van der Waals surface area contributed by atoms with Crippen LogP contribution in [0.2, 0.25) is 0 Å². The van der Waals surface area contributed by atoms with E-state index in [1.165, 1.54) is 31.2 Å². The molecule has 1 aliphatic heterocycles. The molecule has 0 spiro atoms. The normalized spacial score (nSPS) is 22.9. The van der Waals surface area contributed by atoms with E-state index in [2.05, 4.69) is 42.2 Å². The Morgan fingerprint density at radius 1 is 1.25 bits per heavy atom. The zero-order chi connectivity index (χ0) is 14.0. The first kappa shape index (κ1) is 13.5. The third-order valence-corrected chi connectivity index (χ3v) is 4.89. The fraction of sp³-hybridized carbons (Fsp3) is 0.588. The standard InChI is InChI=1S/C17H25N3/c1-14-7-11-20(12-8-14)16(18)19-13-17(9-10-17)15-5-3-2-4-6-15/h2-6,14H,7-13H2,1H3,(H2,18,19). The Kier molecular flexibility index (Phi) is 3.68. The molecule has 2 aliphatic rings. The number of piperidine rings is 1. The molecule has 0 radical (unpaired) electrons. The molecule has 1 saturated heterocycles. The average Bonchev–Trinajstić information content (AvgIpc) is 3.28. The molecule has 0 bridgehead atoms. The molecule has 3 rings (SSSR count). The van der Waals surface area contributed by atoms with Crippen molar-refractivity contribution < 1.29 is 0 Å². The number of guanidine groups is 1. The minimum atomic E-state index is 0.273. The maximum Gasteiger partial charge on any atom is 0.191 e. The van der Waals surface area contributed by atoms with Crippen molar-refractivity contribution >= 4 is 5.96 Å². The highest BCUT2D eigenvalue weighted by Crippen LogP contribution is 2.48. The second kappa shape index (κ2) is 5.47. The van der Waals surface area contributed by atoms with Crippen molar-refractivity contribution in [2.24, 2.45) is 16.6 Å². The molecule has 0 aromatic heterocycles. The lowest BCUT2D eigenvalue weighted by molar-refractivity contribution is 0.277. The first-order valence-electron chi connectivity index (χ1n) is 7.80. The lowest BCUT2D eigenvalue weighted by atomic mass is 9.96. The highest BCUT2D eigenvalue weighted by atomic mass is 15.3. The fourth-order valence-electron chi connectivity index (χ4n) is 3.05. The van der Waals surface area contributed by atoms with Gasteiger partial charge in [0.25, 0.3) is 0 Å². The third kappa shape index (κ3) is 2.82. The largest absolute Gasteiger partial charge is 0.370 e. The monoisotopic (exact) mass is 271 g/mol. The van der Waals surface area contributed by atoms with E-state index in [0.717, 1.165) is 31.5 Å². The molecular weight excluding hydrogens is 246 g/mol. The van der Waals surface area contributed by atoms with E-state index < -0.39 is 0 Å². The van der Waals surface area contributed by atoms with Crippen LogP contribution in [0.15, 0.2) is 35.3 Å². The summed E-state index contributed by atoms with van der Waals surface area (Å²) in [6, 6.07) is 10.8. The van der Waals surface area contributed by atoms with Crippen molar-refractivity contribution in [3.05, 3.63) is 35.9 Å². The van der Waals surface area contributed by atoms with Crippen LogP contribution in [-0.2, 0) is 5.41 Å². The number of likely N-dealkylation sites (tertiary alicyclic amines) is 1. The van der Waals surface area contributed by atoms with Crippen molar-refractivity contribution in [3.63, 3.8) is 0 Å². The van der Waals surface area contributed by atoms with E-state index in [1.807, 2.05) is 0 Å². The predicted molar refractivity (Wildman–Crippen MR) is 83.8 cm³/mol. The average molecular weight is 271 g/mol. The van der Waals surface area contributed by atoms with E-state index in [1.54, 1.807) is 0 Å². The summed E-state index contributed by atoms with van der Waals surface area (Å²) in [5.74, 6) is 1.58. The lowest BCUT2D eigenvalue weighted by Crippen LogP contribution is -2.42. The summed E-state index contributed by atoms with van der Waals surface area (Å²) in [5.41, 5.74) is 7.88. The molecule has 108 valence electrons. The van der Waals surface area contributed by atoms with Gasteiger partial charge in [0.15, 0.2) is 5.96 Å². The van der Waals surface area contributed by atoms with Crippen LogP contribution in [0.3, 0.4) is 0 Å². The smallest absolute Gasteiger partial charge is 0.191 e. The van der Waals surface area contributed by atoms with E-state index in [4.69, 9.17) is 10.7 Å². The van der Waals surface area contributed by atoms with Crippen LogP contribution in [0.5, 0.6) is 0 Å². The molecule has 1 heterocycles. The van der Waals surface area contributed by atoms with Gasteiger partial charge >= 0.3 is 0 Å². The molecule has 1 aliphatic carbocycles. The van der Waals surface area contributed by atoms with Crippen LogP contribution in [0.4, 0.5) is 0 Å². The van der Waals surface area contributed by atoms with Crippen LogP contribution in [0.25, 0.3) is 0 Å². The van der Waals surface area contributed by atoms with Gasteiger partial charge < -0.3 is 10.6 Å². The summed E-state index contributed by atoms with van der Waals surface area (Å²) in [4.78, 5) is 6.95. The molecule has 1 aromatic carbocycles. The minimum absolute atomic E-state index is 0.273. The van der Waals surface area contributed by atoms with Crippen molar-refractivity contribution in [2.75, 3.05) is 19.6 Å².